The topological polar surface area (TPSA) is 140 Å². The number of sulfonamides is 1. The summed E-state index contributed by atoms with van der Waals surface area (Å²) in [5.41, 5.74) is 1.33. The van der Waals surface area contributed by atoms with E-state index in [0.717, 1.165) is 36.2 Å². The van der Waals surface area contributed by atoms with Crippen LogP contribution in [0.2, 0.25) is 0 Å². The summed E-state index contributed by atoms with van der Waals surface area (Å²) >= 11 is 0. The number of carboxylic acids is 1. The second kappa shape index (κ2) is 16.1. The number of hydrogen-bond acceptors (Lipinski definition) is 7. The van der Waals surface area contributed by atoms with Crippen molar-refractivity contribution in [3.63, 3.8) is 0 Å². The Hall–Kier alpha value is -4.25. The number of aryl methyl sites for hydroxylation is 1. The van der Waals surface area contributed by atoms with Gasteiger partial charge in [0, 0.05) is 12.2 Å². The van der Waals surface area contributed by atoms with Gasteiger partial charge in [0.15, 0.2) is 0 Å². The molecule has 0 aromatic heterocycles. The van der Waals surface area contributed by atoms with E-state index in [-0.39, 0.29) is 30.0 Å². The summed E-state index contributed by atoms with van der Waals surface area (Å²) < 4.78 is 43.2. The van der Waals surface area contributed by atoms with Gasteiger partial charge in [-0.25, -0.2) is 8.42 Å². The molecule has 0 unspecified atom stereocenters. The van der Waals surface area contributed by atoms with Crippen molar-refractivity contribution in [3.8, 4) is 17.2 Å². The predicted molar refractivity (Wildman–Crippen MR) is 156 cm³/mol. The first-order valence-corrected chi connectivity index (χ1v) is 15.2. The molecule has 220 valence electrons. The van der Waals surface area contributed by atoms with Crippen molar-refractivity contribution in [1.29, 1.82) is 0 Å². The lowest BCUT2D eigenvalue weighted by atomic mass is 10.1. The van der Waals surface area contributed by atoms with Crippen LogP contribution < -0.4 is 24.2 Å². The molecule has 0 aliphatic carbocycles. The van der Waals surface area contributed by atoms with E-state index in [1.54, 1.807) is 0 Å². The molecule has 0 aliphatic heterocycles. The lowest BCUT2D eigenvalue weighted by Gasteiger charge is -2.15. The van der Waals surface area contributed by atoms with E-state index in [1.165, 1.54) is 18.2 Å². The number of carbonyl (C=O) groups is 2. The number of carboxylic acid groups (broad SMARTS) is 1. The Morgan fingerprint density at radius 2 is 1.46 bits per heavy atom. The van der Waals surface area contributed by atoms with Crippen molar-refractivity contribution < 1.29 is 37.3 Å². The van der Waals surface area contributed by atoms with Gasteiger partial charge in [-0.15, -0.1) is 0 Å². The highest BCUT2D eigenvalue weighted by Crippen LogP contribution is 2.25. The van der Waals surface area contributed by atoms with Crippen LogP contribution in [0, 0.1) is 0 Å². The van der Waals surface area contributed by atoms with E-state index in [9.17, 15) is 18.0 Å². The zero-order valence-electron chi connectivity index (χ0n) is 23.0. The summed E-state index contributed by atoms with van der Waals surface area (Å²) in [5, 5.41) is 11.4. The molecule has 11 heteroatoms. The van der Waals surface area contributed by atoms with Gasteiger partial charge in [-0.1, -0.05) is 36.4 Å². The fourth-order valence-electron chi connectivity index (χ4n) is 3.88. The average Bonchev–Trinajstić information content (AvgIpc) is 2.93. The van der Waals surface area contributed by atoms with E-state index in [0.29, 0.717) is 32.7 Å². The van der Waals surface area contributed by atoms with Gasteiger partial charge in [0.1, 0.15) is 17.2 Å². The second-order valence-corrected chi connectivity index (χ2v) is 11.0. The lowest BCUT2D eigenvalue weighted by Crippen LogP contribution is -2.26. The Morgan fingerprint density at radius 1 is 0.805 bits per heavy atom. The molecule has 1 amide bonds. The van der Waals surface area contributed by atoms with Crippen molar-refractivity contribution in [1.82, 2.24) is 5.32 Å². The van der Waals surface area contributed by atoms with Crippen LogP contribution in [-0.2, 0) is 21.2 Å². The summed E-state index contributed by atoms with van der Waals surface area (Å²) in [6.07, 6.45) is 3.80. The van der Waals surface area contributed by atoms with Gasteiger partial charge in [0.25, 0.3) is 5.91 Å². The highest BCUT2D eigenvalue weighted by molar-refractivity contribution is 7.92. The van der Waals surface area contributed by atoms with Crippen molar-refractivity contribution in [3.05, 3.63) is 83.9 Å². The molecule has 41 heavy (non-hydrogen) atoms. The van der Waals surface area contributed by atoms with Crippen LogP contribution in [0.25, 0.3) is 0 Å². The van der Waals surface area contributed by atoms with Crippen LogP contribution in [-0.4, -0.2) is 58.0 Å². The van der Waals surface area contributed by atoms with Gasteiger partial charge in [-0.2, -0.15) is 0 Å². The summed E-state index contributed by atoms with van der Waals surface area (Å²) in [7, 11) is -3.56. The Balaban J connectivity index is 1.50. The van der Waals surface area contributed by atoms with E-state index in [4.69, 9.17) is 19.3 Å². The number of carbonyl (C=O) groups excluding carboxylic acids is 1. The average molecular weight is 585 g/mol. The standard InChI is InChI=1S/C30H36N2O8S/c1-41(36,37)32-24-15-16-28(26(22-24)30(35)31-18-17-29(33)34)40-21-9-11-23-10-5-6-14-27(23)39-20-8-7-19-38-25-12-3-2-4-13-25/h2-6,10,12-16,22,32H,7-9,11,17-21H2,1H3,(H,31,35)(H,33,34). The molecular weight excluding hydrogens is 548 g/mol. The molecule has 0 aliphatic rings. The fraction of sp³-hybridized carbons (Fsp3) is 0.333. The van der Waals surface area contributed by atoms with Crippen molar-refractivity contribution in [2.45, 2.75) is 32.1 Å². The van der Waals surface area contributed by atoms with Crippen molar-refractivity contribution in [2.24, 2.45) is 0 Å². The summed E-state index contributed by atoms with van der Waals surface area (Å²) in [6.45, 7) is 1.41. The highest BCUT2D eigenvalue weighted by Gasteiger charge is 2.16. The van der Waals surface area contributed by atoms with Crippen LogP contribution in [0.3, 0.4) is 0 Å². The Bertz CT molecular complexity index is 1380. The molecule has 0 fully saturated rings. The Kier molecular flexibility index (Phi) is 12.3. The summed E-state index contributed by atoms with van der Waals surface area (Å²) in [6, 6.07) is 21.9. The monoisotopic (exact) mass is 584 g/mol. The van der Waals surface area contributed by atoms with Crippen LogP contribution in [0.15, 0.2) is 72.8 Å². The molecule has 3 rings (SSSR count). The number of benzene rings is 3. The molecular formula is C30H36N2O8S. The molecule has 0 saturated heterocycles. The first-order chi connectivity index (χ1) is 19.7. The first kappa shape index (κ1) is 31.3. The number of amides is 1. The number of anilines is 1. The normalized spacial score (nSPS) is 11.0. The number of rotatable bonds is 18. The third-order valence-corrected chi connectivity index (χ3v) is 6.39. The minimum Gasteiger partial charge on any atom is -0.494 e. The quantitative estimate of drug-likeness (QED) is 0.186. The molecule has 0 heterocycles. The highest BCUT2D eigenvalue weighted by atomic mass is 32.2. The summed E-state index contributed by atoms with van der Waals surface area (Å²) in [4.78, 5) is 23.5. The van der Waals surface area contributed by atoms with Crippen molar-refractivity contribution in [2.75, 3.05) is 37.3 Å². The van der Waals surface area contributed by atoms with Gasteiger partial charge >= 0.3 is 5.97 Å². The maximum Gasteiger partial charge on any atom is 0.305 e. The molecule has 3 aromatic carbocycles. The maximum absolute atomic E-state index is 12.7. The number of aliphatic carboxylic acids is 1. The summed E-state index contributed by atoms with van der Waals surface area (Å²) in [5.74, 6) is 0.320. The van der Waals surface area contributed by atoms with E-state index in [2.05, 4.69) is 10.0 Å². The van der Waals surface area contributed by atoms with Crippen LogP contribution in [0.1, 0.15) is 41.6 Å². The fourth-order valence-corrected chi connectivity index (χ4v) is 4.43. The minimum absolute atomic E-state index is 0.0752. The second-order valence-electron chi connectivity index (χ2n) is 9.26. The third-order valence-electron chi connectivity index (χ3n) is 5.78. The van der Waals surface area contributed by atoms with E-state index in [1.807, 2.05) is 54.6 Å². The van der Waals surface area contributed by atoms with Gasteiger partial charge in [0.2, 0.25) is 10.0 Å². The number of para-hydroxylation sites is 2. The number of nitrogens with one attached hydrogen (secondary N) is 2. The largest absolute Gasteiger partial charge is 0.494 e. The van der Waals surface area contributed by atoms with Crippen LogP contribution in [0.5, 0.6) is 17.2 Å². The first-order valence-electron chi connectivity index (χ1n) is 13.3. The SMILES string of the molecule is CS(=O)(=O)Nc1ccc(OCCCc2ccccc2OCCCCOc2ccccc2)c(C(=O)NCCC(=O)O)c1. The smallest absolute Gasteiger partial charge is 0.305 e. The Morgan fingerprint density at radius 3 is 2.20 bits per heavy atom. The molecule has 0 spiro atoms. The predicted octanol–water partition coefficient (Wildman–Crippen LogP) is 4.51. The third kappa shape index (κ3) is 11.8. The van der Waals surface area contributed by atoms with Gasteiger partial charge < -0.3 is 24.6 Å². The molecule has 10 nitrogen and oxygen atoms in total. The molecule has 3 N–H and O–H groups in total. The number of hydrogen-bond donors (Lipinski definition) is 3. The van der Waals surface area contributed by atoms with Gasteiger partial charge in [0.05, 0.1) is 38.1 Å². The van der Waals surface area contributed by atoms with Crippen molar-refractivity contribution >= 4 is 27.6 Å². The maximum atomic E-state index is 12.7. The molecule has 0 atom stereocenters. The Labute approximate surface area is 240 Å². The van der Waals surface area contributed by atoms with Crippen LogP contribution in [0.4, 0.5) is 5.69 Å². The molecule has 0 saturated carbocycles. The zero-order chi connectivity index (χ0) is 29.5. The number of unbranched alkanes of at least 4 members (excludes halogenated alkanes) is 1. The van der Waals surface area contributed by atoms with E-state index >= 15 is 0 Å². The van der Waals surface area contributed by atoms with Gasteiger partial charge in [-0.3, -0.25) is 14.3 Å². The minimum atomic E-state index is -3.56. The molecule has 0 radical (unpaired) electrons. The molecule has 0 bridgehead atoms. The van der Waals surface area contributed by atoms with Gasteiger partial charge in [-0.05, 0) is 67.6 Å². The van der Waals surface area contributed by atoms with E-state index < -0.39 is 21.9 Å². The molecule has 3 aromatic rings. The number of ether oxygens (including phenoxy) is 3. The zero-order valence-corrected chi connectivity index (χ0v) is 23.8. The van der Waals surface area contributed by atoms with Crippen LogP contribution >= 0.6 is 0 Å². The lowest BCUT2D eigenvalue weighted by molar-refractivity contribution is -0.136.